The van der Waals surface area contributed by atoms with Gasteiger partial charge in [0.1, 0.15) is 5.82 Å². The van der Waals surface area contributed by atoms with Gasteiger partial charge in [0.2, 0.25) is 0 Å². The molecule has 0 spiro atoms. The van der Waals surface area contributed by atoms with Gasteiger partial charge in [0.15, 0.2) is 0 Å². The first-order valence-electron chi connectivity index (χ1n) is 7.20. The van der Waals surface area contributed by atoms with Crippen molar-refractivity contribution in [2.75, 3.05) is 24.5 Å². The van der Waals surface area contributed by atoms with Gasteiger partial charge in [-0.05, 0) is 32.6 Å². The van der Waals surface area contributed by atoms with Crippen LogP contribution in [0.25, 0.3) is 0 Å². The topological polar surface area (TPSA) is 70.2 Å². The summed E-state index contributed by atoms with van der Waals surface area (Å²) < 4.78 is 0. The number of piperidine rings is 1. The second-order valence-corrected chi connectivity index (χ2v) is 5.50. The molecule has 0 bridgehead atoms. The van der Waals surface area contributed by atoms with Gasteiger partial charge < -0.3 is 15.5 Å². The molecule has 1 saturated heterocycles. The minimum absolute atomic E-state index is 0.0728. The van der Waals surface area contributed by atoms with Gasteiger partial charge >= 0.3 is 6.03 Å². The fraction of sp³-hybridized carbons (Fsp3) is 0.643. The molecule has 6 nitrogen and oxygen atoms in total. The number of carbonyl (C=O) groups excluding carboxylic acids is 1. The standard InChI is InChI=1S/C14H23N5O/c1-11(2)18-14(20)17-9-12-3-7-19(8-4-12)13-10-15-5-6-16-13/h5-6,10-12H,3-4,7-9H2,1-2H3,(H2,17,18,20). The number of anilines is 1. The van der Waals surface area contributed by atoms with E-state index in [4.69, 9.17) is 0 Å². The Balaban J connectivity index is 1.71. The third kappa shape index (κ3) is 4.36. The quantitative estimate of drug-likeness (QED) is 0.873. The van der Waals surface area contributed by atoms with Gasteiger partial charge in [0, 0.05) is 38.1 Å². The van der Waals surface area contributed by atoms with E-state index in [-0.39, 0.29) is 12.1 Å². The maximum absolute atomic E-state index is 11.5. The Morgan fingerprint density at radius 2 is 2.15 bits per heavy atom. The predicted octanol–water partition coefficient (Wildman–Crippen LogP) is 1.40. The maximum Gasteiger partial charge on any atom is 0.314 e. The Kier molecular flexibility index (Phi) is 5.15. The van der Waals surface area contributed by atoms with E-state index in [0.29, 0.717) is 5.92 Å². The van der Waals surface area contributed by atoms with Crippen LogP contribution in [0.5, 0.6) is 0 Å². The maximum atomic E-state index is 11.5. The van der Waals surface area contributed by atoms with Crippen LogP contribution >= 0.6 is 0 Å². The van der Waals surface area contributed by atoms with Crippen LogP contribution in [0.3, 0.4) is 0 Å². The Morgan fingerprint density at radius 3 is 2.75 bits per heavy atom. The number of carbonyl (C=O) groups is 1. The zero-order valence-electron chi connectivity index (χ0n) is 12.2. The van der Waals surface area contributed by atoms with Crippen molar-refractivity contribution in [3.63, 3.8) is 0 Å². The van der Waals surface area contributed by atoms with Crippen molar-refractivity contribution < 1.29 is 4.79 Å². The van der Waals surface area contributed by atoms with Crippen LogP contribution in [0.2, 0.25) is 0 Å². The SMILES string of the molecule is CC(C)NC(=O)NCC1CCN(c2cnccn2)CC1. The van der Waals surface area contributed by atoms with E-state index in [1.807, 2.05) is 13.8 Å². The zero-order chi connectivity index (χ0) is 14.4. The molecule has 0 saturated carbocycles. The highest BCUT2D eigenvalue weighted by molar-refractivity contribution is 5.74. The van der Waals surface area contributed by atoms with Crippen molar-refractivity contribution in [2.45, 2.75) is 32.7 Å². The average molecular weight is 277 g/mol. The van der Waals surface area contributed by atoms with Gasteiger partial charge in [0.05, 0.1) is 6.20 Å². The van der Waals surface area contributed by atoms with Gasteiger partial charge in [-0.2, -0.15) is 0 Å². The number of nitrogens with zero attached hydrogens (tertiary/aromatic N) is 3. The van der Waals surface area contributed by atoms with E-state index in [0.717, 1.165) is 38.3 Å². The molecule has 1 aromatic heterocycles. The Hall–Kier alpha value is -1.85. The van der Waals surface area contributed by atoms with E-state index in [9.17, 15) is 4.79 Å². The fourth-order valence-corrected chi connectivity index (χ4v) is 2.37. The Labute approximate surface area is 120 Å². The third-order valence-corrected chi connectivity index (χ3v) is 3.46. The van der Waals surface area contributed by atoms with E-state index in [1.165, 1.54) is 0 Å². The van der Waals surface area contributed by atoms with Crippen LogP contribution < -0.4 is 15.5 Å². The molecule has 0 aliphatic carbocycles. The number of hydrogen-bond donors (Lipinski definition) is 2. The minimum Gasteiger partial charge on any atom is -0.355 e. The molecule has 1 fully saturated rings. The minimum atomic E-state index is -0.0728. The molecule has 2 N–H and O–H groups in total. The van der Waals surface area contributed by atoms with Crippen LogP contribution in [0.4, 0.5) is 10.6 Å². The van der Waals surface area contributed by atoms with Crippen LogP contribution in [-0.4, -0.2) is 41.7 Å². The van der Waals surface area contributed by atoms with Crippen LogP contribution in [-0.2, 0) is 0 Å². The van der Waals surface area contributed by atoms with E-state index in [2.05, 4.69) is 25.5 Å². The summed E-state index contributed by atoms with van der Waals surface area (Å²) in [5.74, 6) is 1.48. The number of rotatable bonds is 4. The lowest BCUT2D eigenvalue weighted by molar-refractivity contribution is 0.235. The van der Waals surface area contributed by atoms with Gasteiger partial charge in [-0.15, -0.1) is 0 Å². The molecule has 0 atom stereocenters. The Bertz CT molecular complexity index is 415. The summed E-state index contributed by atoms with van der Waals surface area (Å²) in [7, 11) is 0. The first kappa shape index (κ1) is 14.6. The highest BCUT2D eigenvalue weighted by atomic mass is 16.2. The number of urea groups is 1. The molecular weight excluding hydrogens is 254 g/mol. The summed E-state index contributed by atoms with van der Waals surface area (Å²) in [4.78, 5) is 22.2. The lowest BCUT2D eigenvalue weighted by atomic mass is 9.97. The molecule has 0 aromatic carbocycles. The second-order valence-electron chi connectivity index (χ2n) is 5.50. The lowest BCUT2D eigenvalue weighted by Crippen LogP contribution is -2.43. The number of amides is 2. The van der Waals surface area contributed by atoms with Gasteiger partial charge in [0.25, 0.3) is 0 Å². The van der Waals surface area contributed by atoms with E-state index >= 15 is 0 Å². The smallest absolute Gasteiger partial charge is 0.314 e. The predicted molar refractivity (Wildman–Crippen MR) is 78.6 cm³/mol. The summed E-state index contributed by atoms with van der Waals surface area (Å²) in [6.45, 7) is 6.60. The monoisotopic (exact) mass is 277 g/mol. The molecular formula is C14H23N5O. The molecule has 0 unspecified atom stereocenters. The summed E-state index contributed by atoms with van der Waals surface area (Å²) in [5, 5.41) is 5.78. The van der Waals surface area contributed by atoms with Gasteiger partial charge in [-0.1, -0.05) is 0 Å². The van der Waals surface area contributed by atoms with Crippen LogP contribution in [0, 0.1) is 5.92 Å². The van der Waals surface area contributed by atoms with Crippen LogP contribution in [0.15, 0.2) is 18.6 Å². The highest BCUT2D eigenvalue weighted by Crippen LogP contribution is 2.20. The number of aromatic nitrogens is 2. The molecule has 20 heavy (non-hydrogen) atoms. The van der Waals surface area contributed by atoms with Crippen molar-refractivity contribution in [2.24, 2.45) is 5.92 Å². The normalized spacial score (nSPS) is 16.2. The van der Waals surface area contributed by atoms with E-state index in [1.54, 1.807) is 18.6 Å². The molecule has 6 heteroatoms. The molecule has 110 valence electrons. The Morgan fingerprint density at radius 1 is 1.40 bits per heavy atom. The second kappa shape index (κ2) is 7.07. The molecule has 1 aromatic rings. The molecule has 2 amide bonds. The third-order valence-electron chi connectivity index (χ3n) is 3.46. The van der Waals surface area contributed by atoms with Crippen molar-refractivity contribution in [3.05, 3.63) is 18.6 Å². The molecule has 0 radical (unpaired) electrons. The zero-order valence-corrected chi connectivity index (χ0v) is 12.2. The average Bonchev–Trinajstić information content (AvgIpc) is 2.46. The van der Waals surface area contributed by atoms with Gasteiger partial charge in [-0.25, -0.2) is 9.78 Å². The van der Waals surface area contributed by atoms with Crippen LogP contribution in [0.1, 0.15) is 26.7 Å². The van der Waals surface area contributed by atoms with Crippen molar-refractivity contribution in [1.82, 2.24) is 20.6 Å². The first-order chi connectivity index (χ1) is 9.65. The number of hydrogen-bond acceptors (Lipinski definition) is 4. The highest BCUT2D eigenvalue weighted by Gasteiger charge is 2.20. The molecule has 1 aliphatic heterocycles. The first-order valence-corrected chi connectivity index (χ1v) is 7.20. The number of nitrogens with one attached hydrogen (secondary N) is 2. The molecule has 2 rings (SSSR count). The van der Waals surface area contributed by atoms with E-state index < -0.39 is 0 Å². The summed E-state index contributed by atoms with van der Waals surface area (Å²) in [5.41, 5.74) is 0. The summed E-state index contributed by atoms with van der Waals surface area (Å²) in [6, 6.07) is 0.102. The lowest BCUT2D eigenvalue weighted by Gasteiger charge is -2.32. The largest absolute Gasteiger partial charge is 0.355 e. The molecule has 2 heterocycles. The van der Waals surface area contributed by atoms with Crippen molar-refractivity contribution in [1.29, 1.82) is 0 Å². The molecule has 1 aliphatic rings. The van der Waals surface area contributed by atoms with Crippen molar-refractivity contribution in [3.8, 4) is 0 Å². The van der Waals surface area contributed by atoms with Crippen molar-refractivity contribution >= 4 is 11.8 Å². The fourth-order valence-electron chi connectivity index (χ4n) is 2.37. The van der Waals surface area contributed by atoms with Gasteiger partial charge in [-0.3, -0.25) is 4.98 Å². The summed E-state index contributed by atoms with van der Waals surface area (Å²) in [6.07, 6.45) is 7.35. The summed E-state index contributed by atoms with van der Waals surface area (Å²) >= 11 is 0.